The Bertz CT molecular complexity index is 824. The second-order valence-electron chi connectivity index (χ2n) is 8.08. The summed E-state index contributed by atoms with van der Waals surface area (Å²) in [5.74, 6) is 1.23. The van der Waals surface area contributed by atoms with Crippen molar-refractivity contribution in [3.8, 4) is 11.8 Å². The molecule has 2 aliphatic rings. The number of anilines is 1. The van der Waals surface area contributed by atoms with Crippen LogP contribution in [-0.2, 0) is 4.74 Å². The Labute approximate surface area is 165 Å². The monoisotopic (exact) mass is 386 g/mol. The van der Waals surface area contributed by atoms with Crippen molar-refractivity contribution in [1.82, 2.24) is 14.8 Å². The van der Waals surface area contributed by atoms with Crippen molar-refractivity contribution in [1.29, 1.82) is 5.26 Å². The van der Waals surface area contributed by atoms with E-state index in [1.54, 1.807) is 22.2 Å². The number of pyridine rings is 1. The summed E-state index contributed by atoms with van der Waals surface area (Å²) in [5.41, 5.74) is 0.188. The van der Waals surface area contributed by atoms with Gasteiger partial charge in [-0.05, 0) is 20.8 Å². The molecule has 9 heteroatoms. The average molecular weight is 386 g/mol. The predicted molar refractivity (Wildman–Crippen MR) is 105 cm³/mol. The number of ether oxygens (including phenoxy) is 2. The Morgan fingerprint density at radius 3 is 2.86 bits per heavy atom. The van der Waals surface area contributed by atoms with Crippen molar-refractivity contribution in [3.05, 3.63) is 11.8 Å². The number of nitriles is 1. The Morgan fingerprint density at radius 2 is 2.21 bits per heavy atom. The molecule has 0 unspecified atom stereocenters. The fourth-order valence-electron chi connectivity index (χ4n) is 3.10. The molecule has 0 spiro atoms. The third-order valence-corrected chi connectivity index (χ3v) is 4.32. The molecule has 3 rings (SSSR count). The predicted octanol–water partition coefficient (Wildman–Crippen LogP) is 1.99. The van der Waals surface area contributed by atoms with E-state index in [0.717, 1.165) is 0 Å². The SMILES string of the molecule is CN(C)/C=N\c1cc2c(nc1C#N)N1CCN(C(=O)OC(C)(C)C)C[C@H]1CO2. The molecule has 0 aliphatic carbocycles. The van der Waals surface area contributed by atoms with E-state index in [2.05, 4.69) is 20.9 Å². The zero-order valence-corrected chi connectivity index (χ0v) is 17.0. The summed E-state index contributed by atoms with van der Waals surface area (Å²) in [6, 6.07) is 3.82. The van der Waals surface area contributed by atoms with Crippen LogP contribution in [-0.4, -0.2) is 79.2 Å². The lowest BCUT2D eigenvalue weighted by molar-refractivity contribution is 0.0194. The molecule has 3 heterocycles. The van der Waals surface area contributed by atoms with Crippen LogP contribution in [0.5, 0.6) is 5.75 Å². The van der Waals surface area contributed by atoms with Crippen LogP contribution in [0.4, 0.5) is 16.3 Å². The van der Waals surface area contributed by atoms with Gasteiger partial charge in [-0.1, -0.05) is 0 Å². The normalized spacial score (nSPS) is 18.8. The summed E-state index contributed by atoms with van der Waals surface area (Å²) >= 11 is 0. The van der Waals surface area contributed by atoms with E-state index in [0.29, 0.717) is 43.5 Å². The van der Waals surface area contributed by atoms with E-state index < -0.39 is 5.60 Å². The van der Waals surface area contributed by atoms with Gasteiger partial charge in [-0.3, -0.25) is 0 Å². The van der Waals surface area contributed by atoms with Gasteiger partial charge in [-0.25, -0.2) is 14.8 Å². The number of piperazine rings is 1. The van der Waals surface area contributed by atoms with Crippen molar-refractivity contribution in [2.75, 3.05) is 45.2 Å². The summed E-state index contributed by atoms with van der Waals surface area (Å²) in [7, 11) is 3.71. The van der Waals surface area contributed by atoms with Crippen LogP contribution in [0.2, 0.25) is 0 Å². The van der Waals surface area contributed by atoms with Crippen LogP contribution < -0.4 is 9.64 Å². The van der Waals surface area contributed by atoms with E-state index in [-0.39, 0.29) is 17.8 Å². The lowest BCUT2D eigenvalue weighted by atomic mass is 10.1. The van der Waals surface area contributed by atoms with E-state index >= 15 is 0 Å². The molecule has 9 nitrogen and oxygen atoms in total. The van der Waals surface area contributed by atoms with Crippen molar-refractivity contribution in [3.63, 3.8) is 0 Å². The van der Waals surface area contributed by atoms with E-state index in [1.165, 1.54) is 0 Å². The minimum absolute atomic E-state index is 0.0380. The topological polar surface area (TPSA) is 94.3 Å². The third kappa shape index (κ3) is 4.27. The maximum Gasteiger partial charge on any atom is 0.410 e. The maximum absolute atomic E-state index is 12.4. The minimum Gasteiger partial charge on any atom is -0.487 e. The molecule has 0 saturated carbocycles. The molecule has 28 heavy (non-hydrogen) atoms. The molecule has 0 radical (unpaired) electrons. The first-order valence-electron chi connectivity index (χ1n) is 9.21. The molecule has 1 aromatic rings. The second kappa shape index (κ2) is 7.54. The van der Waals surface area contributed by atoms with Gasteiger partial charge in [0.1, 0.15) is 24.0 Å². The number of fused-ring (bicyclic) bond motifs is 3. The van der Waals surface area contributed by atoms with Crippen molar-refractivity contribution < 1.29 is 14.3 Å². The van der Waals surface area contributed by atoms with E-state index in [9.17, 15) is 10.1 Å². The van der Waals surface area contributed by atoms with Gasteiger partial charge in [0.15, 0.2) is 17.3 Å². The zero-order chi connectivity index (χ0) is 20.5. The first-order valence-corrected chi connectivity index (χ1v) is 9.21. The molecule has 1 fully saturated rings. The highest BCUT2D eigenvalue weighted by atomic mass is 16.6. The Morgan fingerprint density at radius 1 is 1.46 bits per heavy atom. The number of amides is 1. The molecular weight excluding hydrogens is 360 g/mol. The van der Waals surface area contributed by atoms with Crippen LogP contribution in [0.25, 0.3) is 0 Å². The zero-order valence-electron chi connectivity index (χ0n) is 17.0. The number of aliphatic imine (C=N–C) groups is 1. The average Bonchev–Trinajstić information content (AvgIpc) is 2.63. The number of hydrogen-bond donors (Lipinski definition) is 0. The van der Waals surface area contributed by atoms with Crippen LogP contribution in [0.1, 0.15) is 26.5 Å². The van der Waals surface area contributed by atoms with Gasteiger partial charge in [0.25, 0.3) is 0 Å². The van der Waals surface area contributed by atoms with Gasteiger partial charge >= 0.3 is 6.09 Å². The Balaban J connectivity index is 1.80. The van der Waals surface area contributed by atoms with Crippen LogP contribution >= 0.6 is 0 Å². The number of rotatable bonds is 2. The number of carbonyl (C=O) groups is 1. The van der Waals surface area contributed by atoms with Gasteiger partial charge in [0, 0.05) is 39.8 Å². The molecular formula is C19H26N6O3. The van der Waals surface area contributed by atoms with Crippen molar-refractivity contribution in [2.24, 2.45) is 4.99 Å². The van der Waals surface area contributed by atoms with Crippen LogP contribution in [0, 0.1) is 11.3 Å². The van der Waals surface area contributed by atoms with Gasteiger partial charge in [0.2, 0.25) is 0 Å². The summed E-state index contributed by atoms with van der Waals surface area (Å²) in [5, 5.41) is 9.48. The fourth-order valence-corrected chi connectivity index (χ4v) is 3.10. The fraction of sp³-hybridized carbons (Fsp3) is 0.579. The lowest BCUT2D eigenvalue weighted by Crippen LogP contribution is -2.59. The first-order chi connectivity index (χ1) is 13.2. The number of carbonyl (C=O) groups excluding carboxylic acids is 1. The highest BCUT2D eigenvalue weighted by Crippen LogP contribution is 2.37. The largest absolute Gasteiger partial charge is 0.487 e. The molecule has 0 bridgehead atoms. The van der Waals surface area contributed by atoms with Crippen LogP contribution in [0.3, 0.4) is 0 Å². The highest BCUT2D eigenvalue weighted by Gasteiger charge is 2.37. The maximum atomic E-state index is 12.4. The summed E-state index contributed by atoms with van der Waals surface area (Å²) < 4.78 is 11.4. The number of nitrogens with zero attached hydrogens (tertiary/aromatic N) is 6. The molecule has 0 aromatic carbocycles. The van der Waals surface area contributed by atoms with Gasteiger partial charge in [-0.15, -0.1) is 0 Å². The third-order valence-electron chi connectivity index (χ3n) is 4.32. The summed E-state index contributed by atoms with van der Waals surface area (Å²) in [6.45, 7) is 7.59. The highest BCUT2D eigenvalue weighted by molar-refractivity contribution is 5.71. The smallest absolute Gasteiger partial charge is 0.410 e. The minimum atomic E-state index is -0.531. The summed E-state index contributed by atoms with van der Waals surface area (Å²) in [6.07, 6.45) is 1.30. The van der Waals surface area contributed by atoms with Gasteiger partial charge < -0.3 is 24.2 Å². The molecule has 1 amide bonds. The first kappa shape index (κ1) is 19.7. The summed E-state index contributed by atoms with van der Waals surface area (Å²) in [4.78, 5) is 26.8. The molecule has 2 aliphatic heterocycles. The quantitative estimate of drug-likeness (QED) is 0.567. The number of aromatic nitrogens is 1. The second-order valence-corrected chi connectivity index (χ2v) is 8.08. The molecule has 150 valence electrons. The molecule has 1 aromatic heterocycles. The lowest BCUT2D eigenvalue weighted by Gasteiger charge is -2.44. The Hall–Kier alpha value is -3.02. The van der Waals surface area contributed by atoms with Gasteiger partial charge in [-0.2, -0.15) is 5.26 Å². The van der Waals surface area contributed by atoms with E-state index in [1.807, 2.05) is 34.9 Å². The van der Waals surface area contributed by atoms with Crippen LogP contribution in [0.15, 0.2) is 11.1 Å². The molecule has 1 atom stereocenters. The standard InChI is InChI=1S/C19H26N6O3/c1-19(2,3)28-18(26)24-6-7-25-13(10-24)11-27-16-8-14(21-12-23(4)5)15(9-20)22-17(16)25/h8,12-13H,6-7,10-11H2,1-5H3/b21-12-/t13-/m0/s1. The van der Waals surface area contributed by atoms with Gasteiger partial charge in [0.05, 0.1) is 12.4 Å². The number of hydrogen-bond acceptors (Lipinski definition) is 7. The molecule has 0 N–H and O–H groups in total. The van der Waals surface area contributed by atoms with E-state index in [4.69, 9.17) is 9.47 Å². The molecule has 1 saturated heterocycles. The van der Waals surface area contributed by atoms with Crippen molar-refractivity contribution in [2.45, 2.75) is 32.4 Å². The van der Waals surface area contributed by atoms with Crippen molar-refractivity contribution >= 4 is 23.9 Å². The Kier molecular flexibility index (Phi) is 5.31.